The lowest BCUT2D eigenvalue weighted by molar-refractivity contribution is 0.627. The number of benzene rings is 2. The highest BCUT2D eigenvalue weighted by Gasteiger charge is 2.14. The maximum atomic E-state index is 13.3. The van der Waals surface area contributed by atoms with Crippen molar-refractivity contribution in [1.82, 2.24) is 14.5 Å². The van der Waals surface area contributed by atoms with E-state index in [1.807, 2.05) is 22.8 Å². The highest BCUT2D eigenvalue weighted by atomic mass is 19.1. The summed E-state index contributed by atoms with van der Waals surface area (Å²) in [6.45, 7) is 2.08. The van der Waals surface area contributed by atoms with Gasteiger partial charge in [0.15, 0.2) is 5.65 Å². The van der Waals surface area contributed by atoms with Crippen molar-refractivity contribution in [3.05, 3.63) is 89.6 Å². The molecule has 0 aliphatic heterocycles. The summed E-state index contributed by atoms with van der Waals surface area (Å²) in [6, 6.07) is 18.6. The molecule has 0 atom stereocenters. The van der Waals surface area contributed by atoms with Crippen LogP contribution >= 0.6 is 0 Å². The first kappa shape index (κ1) is 14.6. The molecule has 24 heavy (non-hydrogen) atoms. The fraction of sp³-hybridized carbons (Fsp3) is 0.100. The number of rotatable bonds is 3. The molecule has 0 saturated heterocycles. The Kier molecular flexibility index (Phi) is 3.58. The van der Waals surface area contributed by atoms with Crippen LogP contribution in [0.1, 0.15) is 17.0 Å². The molecule has 118 valence electrons. The summed E-state index contributed by atoms with van der Waals surface area (Å²) in [7, 11) is 0. The largest absolute Gasteiger partial charge is 0.280 e. The lowest BCUT2D eigenvalue weighted by Gasteiger charge is -2.09. The van der Waals surface area contributed by atoms with Gasteiger partial charge in [-0.05, 0) is 48.9 Å². The average Bonchev–Trinajstić information content (AvgIpc) is 2.93. The van der Waals surface area contributed by atoms with Gasteiger partial charge in [0.25, 0.3) is 0 Å². The van der Waals surface area contributed by atoms with Crippen LogP contribution in [-0.4, -0.2) is 14.5 Å². The lowest BCUT2D eigenvalue weighted by atomic mass is 10.1. The van der Waals surface area contributed by atoms with Crippen molar-refractivity contribution in [2.75, 3.05) is 0 Å². The standard InChI is InChI=1S/C20H16FN3/c1-14-4-2-5-15(12-14)13-19-23-18-6-3-11-22-20(18)24(19)17-9-7-16(21)8-10-17/h2-12H,13H2,1H3. The molecule has 2 heterocycles. The second-order valence-electron chi connectivity index (χ2n) is 5.85. The van der Waals surface area contributed by atoms with E-state index in [1.165, 1.54) is 23.3 Å². The van der Waals surface area contributed by atoms with Gasteiger partial charge in [0.2, 0.25) is 0 Å². The van der Waals surface area contributed by atoms with Crippen molar-refractivity contribution < 1.29 is 4.39 Å². The number of hydrogen-bond donors (Lipinski definition) is 0. The van der Waals surface area contributed by atoms with E-state index in [9.17, 15) is 4.39 Å². The van der Waals surface area contributed by atoms with Gasteiger partial charge >= 0.3 is 0 Å². The zero-order valence-corrected chi connectivity index (χ0v) is 13.3. The Morgan fingerprint density at radius 1 is 1.00 bits per heavy atom. The summed E-state index contributed by atoms with van der Waals surface area (Å²) in [4.78, 5) is 9.21. The van der Waals surface area contributed by atoms with Crippen molar-refractivity contribution in [3.8, 4) is 5.69 Å². The molecule has 2 aromatic heterocycles. The topological polar surface area (TPSA) is 30.7 Å². The predicted octanol–water partition coefficient (Wildman–Crippen LogP) is 4.46. The zero-order valence-electron chi connectivity index (χ0n) is 13.3. The number of pyridine rings is 1. The Morgan fingerprint density at radius 2 is 1.83 bits per heavy atom. The molecule has 2 aromatic carbocycles. The first-order valence-corrected chi connectivity index (χ1v) is 7.84. The maximum absolute atomic E-state index is 13.3. The maximum Gasteiger partial charge on any atom is 0.164 e. The van der Waals surface area contributed by atoms with Crippen LogP contribution < -0.4 is 0 Å². The van der Waals surface area contributed by atoms with Gasteiger partial charge in [-0.3, -0.25) is 4.57 Å². The van der Waals surface area contributed by atoms with Gasteiger partial charge in [0.05, 0.1) is 0 Å². The van der Waals surface area contributed by atoms with Gasteiger partial charge in [-0.15, -0.1) is 0 Å². The minimum atomic E-state index is -0.253. The Bertz CT molecular complexity index is 1000. The van der Waals surface area contributed by atoms with Crippen LogP contribution in [-0.2, 0) is 6.42 Å². The van der Waals surface area contributed by atoms with Crippen LogP contribution in [0, 0.1) is 12.7 Å². The summed E-state index contributed by atoms with van der Waals surface area (Å²) in [5.41, 5.74) is 4.89. The minimum Gasteiger partial charge on any atom is -0.280 e. The van der Waals surface area contributed by atoms with E-state index >= 15 is 0 Å². The smallest absolute Gasteiger partial charge is 0.164 e. The number of halogens is 1. The molecule has 3 nitrogen and oxygen atoms in total. The third-order valence-corrected chi connectivity index (χ3v) is 4.02. The normalized spacial score (nSPS) is 11.1. The third-order valence-electron chi connectivity index (χ3n) is 4.02. The van der Waals surface area contributed by atoms with E-state index in [0.29, 0.717) is 6.42 Å². The average molecular weight is 317 g/mol. The van der Waals surface area contributed by atoms with Crippen molar-refractivity contribution in [1.29, 1.82) is 0 Å². The Balaban J connectivity index is 1.88. The van der Waals surface area contributed by atoms with Gasteiger partial charge in [-0.1, -0.05) is 29.8 Å². The summed E-state index contributed by atoms with van der Waals surface area (Å²) >= 11 is 0. The molecular weight excluding hydrogens is 301 g/mol. The van der Waals surface area contributed by atoms with Gasteiger partial charge < -0.3 is 0 Å². The quantitative estimate of drug-likeness (QED) is 0.558. The number of aryl methyl sites for hydroxylation is 1. The second-order valence-corrected chi connectivity index (χ2v) is 5.85. The van der Waals surface area contributed by atoms with Crippen molar-refractivity contribution >= 4 is 11.2 Å². The summed E-state index contributed by atoms with van der Waals surface area (Å²) in [5, 5.41) is 0. The van der Waals surface area contributed by atoms with Crippen LogP contribution in [0.15, 0.2) is 66.9 Å². The van der Waals surface area contributed by atoms with Crippen LogP contribution in [0.3, 0.4) is 0 Å². The molecule has 0 saturated carbocycles. The van der Waals surface area contributed by atoms with E-state index in [0.717, 1.165) is 22.7 Å². The molecule has 0 spiro atoms. The summed E-state index contributed by atoms with van der Waals surface area (Å²) in [5.74, 6) is 0.636. The third kappa shape index (κ3) is 2.67. The molecule has 0 N–H and O–H groups in total. The summed E-state index contributed by atoms with van der Waals surface area (Å²) < 4.78 is 15.3. The second kappa shape index (κ2) is 5.89. The number of nitrogens with zero attached hydrogens (tertiary/aromatic N) is 3. The lowest BCUT2D eigenvalue weighted by Crippen LogP contribution is -2.03. The van der Waals surface area contributed by atoms with E-state index in [-0.39, 0.29) is 5.82 Å². The molecule has 0 bridgehead atoms. The van der Waals surface area contributed by atoms with Gasteiger partial charge in [0.1, 0.15) is 17.2 Å². The van der Waals surface area contributed by atoms with E-state index in [1.54, 1.807) is 18.3 Å². The van der Waals surface area contributed by atoms with Crippen molar-refractivity contribution in [3.63, 3.8) is 0 Å². The molecule has 0 unspecified atom stereocenters. The molecule has 0 aliphatic carbocycles. The first-order valence-electron chi connectivity index (χ1n) is 7.84. The predicted molar refractivity (Wildman–Crippen MR) is 92.8 cm³/mol. The number of fused-ring (bicyclic) bond motifs is 1. The molecule has 0 amide bonds. The minimum absolute atomic E-state index is 0.253. The number of hydrogen-bond acceptors (Lipinski definition) is 2. The Morgan fingerprint density at radius 3 is 2.62 bits per heavy atom. The van der Waals surface area contributed by atoms with E-state index in [4.69, 9.17) is 4.98 Å². The fourth-order valence-corrected chi connectivity index (χ4v) is 2.94. The van der Waals surface area contributed by atoms with Crippen LogP contribution in [0.25, 0.3) is 16.9 Å². The Hall–Kier alpha value is -3.01. The summed E-state index contributed by atoms with van der Waals surface area (Å²) in [6.07, 6.45) is 2.44. The first-order chi connectivity index (χ1) is 11.7. The van der Waals surface area contributed by atoms with Crippen molar-refractivity contribution in [2.24, 2.45) is 0 Å². The highest BCUT2D eigenvalue weighted by Crippen LogP contribution is 2.22. The SMILES string of the molecule is Cc1cccc(Cc2nc3cccnc3n2-c2ccc(F)cc2)c1. The molecular formula is C20H16FN3. The van der Waals surface area contributed by atoms with Gasteiger partial charge in [0, 0.05) is 18.3 Å². The van der Waals surface area contributed by atoms with E-state index < -0.39 is 0 Å². The molecule has 4 rings (SSSR count). The van der Waals surface area contributed by atoms with Gasteiger partial charge in [-0.25, -0.2) is 14.4 Å². The van der Waals surface area contributed by atoms with Crippen LogP contribution in [0.2, 0.25) is 0 Å². The molecule has 0 aliphatic rings. The molecule has 4 aromatic rings. The van der Waals surface area contributed by atoms with Gasteiger partial charge in [-0.2, -0.15) is 0 Å². The number of aromatic nitrogens is 3. The van der Waals surface area contributed by atoms with Crippen molar-refractivity contribution in [2.45, 2.75) is 13.3 Å². The van der Waals surface area contributed by atoms with Crippen LogP contribution in [0.5, 0.6) is 0 Å². The zero-order chi connectivity index (χ0) is 16.5. The highest BCUT2D eigenvalue weighted by molar-refractivity contribution is 5.74. The number of imidazole rings is 1. The Labute approximate surface area is 139 Å². The fourth-order valence-electron chi connectivity index (χ4n) is 2.94. The molecule has 0 fully saturated rings. The van der Waals surface area contributed by atoms with E-state index in [2.05, 4.69) is 30.1 Å². The molecule has 4 heteroatoms. The van der Waals surface area contributed by atoms with Crippen LogP contribution in [0.4, 0.5) is 4.39 Å². The molecule has 0 radical (unpaired) electrons. The monoisotopic (exact) mass is 317 g/mol.